The van der Waals surface area contributed by atoms with E-state index in [0.29, 0.717) is 12.8 Å². The first kappa shape index (κ1) is 25.0. The van der Waals surface area contributed by atoms with Crippen molar-refractivity contribution in [2.75, 3.05) is 7.05 Å². The number of aliphatic hydroxyl groups excluding tert-OH is 2. The molecule has 0 unspecified atom stereocenters. The van der Waals surface area contributed by atoms with Gasteiger partial charge in [-0.1, -0.05) is 36.8 Å². The normalized spacial score (nSPS) is 45.3. The molecule has 2 saturated heterocycles. The summed E-state index contributed by atoms with van der Waals surface area (Å²) < 4.78 is 18.2. The van der Waals surface area contributed by atoms with Crippen LogP contribution in [0.15, 0.2) is 24.3 Å². The van der Waals surface area contributed by atoms with Crippen molar-refractivity contribution < 1.29 is 34.6 Å². The summed E-state index contributed by atoms with van der Waals surface area (Å²) in [7, 11) is 1.70. The van der Waals surface area contributed by atoms with E-state index in [-0.39, 0.29) is 18.9 Å². The van der Waals surface area contributed by atoms with E-state index in [2.05, 4.69) is 29.6 Å². The topological polar surface area (TPSA) is 121 Å². The average molecular weight is 466 g/mol. The molecule has 2 aliphatic heterocycles. The number of ether oxygens (including phenoxy) is 3. The van der Waals surface area contributed by atoms with Gasteiger partial charge < -0.3 is 40.0 Å². The number of likely N-dealkylation sites (N-methyl/N-ethyl adjacent to an activating group) is 1. The number of benzene rings is 1. The summed E-state index contributed by atoms with van der Waals surface area (Å²) in [5.41, 5.74) is 0.741. The van der Waals surface area contributed by atoms with Gasteiger partial charge in [0.2, 0.25) is 12.1 Å². The molecule has 8 nitrogen and oxygen atoms in total. The maximum atomic E-state index is 11.7. The van der Waals surface area contributed by atoms with Gasteiger partial charge in [0.15, 0.2) is 0 Å². The largest absolute Gasteiger partial charge is 0.391 e. The Balaban J connectivity index is 1.56. The first-order valence-corrected chi connectivity index (χ1v) is 12.2. The van der Waals surface area contributed by atoms with Crippen molar-refractivity contribution in [3.05, 3.63) is 35.4 Å². The van der Waals surface area contributed by atoms with Crippen LogP contribution in [0.3, 0.4) is 0 Å². The van der Waals surface area contributed by atoms with Crippen molar-refractivity contribution in [3.63, 3.8) is 0 Å². The second kappa shape index (κ2) is 9.51. The number of hydrogen-bond donors (Lipinski definition) is 5. The van der Waals surface area contributed by atoms with E-state index in [4.69, 9.17) is 14.2 Å². The zero-order valence-electron chi connectivity index (χ0n) is 20.0. The molecular weight excluding hydrogens is 426 g/mol. The smallest absolute Gasteiger partial charge is 0.248 e. The average Bonchev–Trinajstić information content (AvgIpc) is 2.76. The monoisotopic (exact) mass is 465 g/mol. The molecule has 8 heteroatoms. The molecule has 186 valence electrons. The first-order chi connectivity index (χ1) is 15.6. The Hall–Kier alpha value is -1.10. The van der Waals surface area contributed by atoms with Crippen molar-refractivity contribution in [2.24, 2.45) is 5.92 Å². The lowest BCUT2D eigenvalue weighted by atomic mass is 9.73. The minimum absolute atomic E-state index is 0.182. The molecule has 10 atom stereocenters. The van der Waals surface area contributed by atoms with Gasteiger partial charge in [0.05, 0.1) is 24.4 Å². The summed E-state index contributed by atoms with van der Waals surface area (Å²) in [6, 6.07) is 7.68. The van der Waals surface area contributed by atoms with Crippen molar-refractivity contribution in [2.45, 2.75) is 107 Å². The summed E-state index contributed by atoms with van der Waals surface area (Å²) >= 11 is 0. The molecule has 0 aromatic heterocycles. The van der Waals surface area contributed by atoms with E-state index in [9.17, 15) is 20.4 Å². The molecule has 0 radical (unpaired) electrons. The van der Waals surface area contributed by atoms with Crippen LogP contribution < -0.4 is 5.32 Å². The summed E-state index contributed by atoms with van der Waals surface area (Å²) in [6.45, 7) is 5.77. The van der Waals surface area contributed by atoms with Crippen LogP contribution in [0.25, 0.3) is 0 Å². The fraction of sp³-hybridized carbons (Fsp3) is 0.760. The first-order valence-electron chi connectivity index (χ1n) is 12.2. The molecule has 1 aromatic carbocycles. The minimum Gasteiger partial charge on any atom is -0.391 e. The summed E-state index contributed by atoms with van der Waals surface area (Å²) in [4.78, 5) is 0. The van der Waals surface area contributed by atoms with Crippen LogP contribution in [0, 0.1) is 12.8 Å². The van der Waals surface area contributed by atoms with Crippen LogP contribution in [0.1, 0.15) is 50.7 Å². The van der Waals surface area contributed by atoms with Crippen molar-refractivity contribution in [3.8, 4) is 0 Å². The quantitative estimate of drug-likeness (QED) is 0.422. The molecule has 33 heavy (non-hydrogen) atoms. The van der Waals surface area contributed by atoms with E-state index in [1.165, 1.54) is 5.56 Å². The Morgan fingerprint density at radius 3 is 2.39 bits per heavy atom. The molecule has 0 amide bonds. The Kier molecular flexibility index (Phi) is 7.21. The van der Waals surface area contributed by atoms with Crippen LogP contribution in [0.2, 0.25) is 0 Å². The van der Waals surface area contributed by atoms with E-state index >= 15 is 0 Å². The molecule has 0 spiro atoms. The highest BCUT2D eigenvalue weighted by molar-refractivity contribution is 5.21. The Labute approximate surface area is 195 Å². The predicted octanol–water partition coefficient (Wildman–Crippen LogP) is 1.01. The van der Waals surface area contributed by atoms with Gasteiger partial charge in [-0.2, -0.15) is 0 Å². The maximum absolute atomic E-state index is 11.7. The van der Waals surface area contributed by atoms with Gasteiger partial charge in [0.25, 0.3) is 0 Å². The van der Waals surface area contributed by atoms with Gasteiger partial charge in [0.1, 0.15) is 17.8 Å². The Morgan fingerprint density at radius 2 is 1.76 bits per heavy atom. The van der Waals surface area contributed by atoms with Gasteiger partial charge in [-0.25, -0.2) is 0 Å². The second-order valence-corrected chi connectivity index (χ2v) is 10.1. The highest BCUT2D eigenvalue weighted by Gasteiger charge is 2.68. The third-order valence-electron chi connectivity index (χ3n) is 7.80. The van der Waals surface area contributed by atoms with Gasteiger partial charge in [-0.3, -0.25) is 0 Å². The van der Waals surface area contributed by atoms with E-state index in [1.807, 2.05) is 20.8 Å². The summed E-state index contributed by atoms with van der Waals surface area (Å²) in [6.07, 6.45) is -2.73. The van der Waals surface area contributed by atoms with Gasteiger partial charge >= 0.3 is 0 Å². The van der Waals surface area contributed by atoms with Crippen LogP contribution in [0.5, 0.6) is 0 Å². The summed E-state index contributed by atoms with van der Waals surface area (Å²) in [5.74, 6) is -2.53. The Morgan fingerprint density at radius 1 is 1.06 bits per heavy atom. The molecule has 1 aromatic rings. The number of hydrogen-bond acceptors (Lipinski definition) is 8. The van der Waals surface area contributed by atoms with Crippen LogP contribution in [0.4, 0.5) is 0 Å². The second-order valence-electron chi connectivity index (χ2n) is 10.1. The zero-order chi connectivity index (χ0) is 24.0. The lowest BCUT2D eigenvalue weighted by molar-refractivity contribution is -0.485. The van der Waals surface area contributed by atoms with Crippen LogP contribution in [-0.2, 0) is 20.6 Å². The highest BCUT2D eigenvalue weighted by atomic mass is 16.8. The zero-order valence-corrected chi connectivity index (χ0v) is 20.0. The van der Waals surface area contributed by atoms with Crippen LogP contribution in [-0.4, -0.2) is 81.7 Å². The summed E-state index contributed by atoms with van der Waals surface area (Å²) in [5, 5.41) is 48.2. The molecule has 1 aliphatic carbocycles. The third-order valence-corrected chi connectivity index (χ3v) is 7.80. The highest BCUT2D eigenvalue weighted by Crippen LogP contribution is 2.49. The minimum atomic E-state index is -2.12. The fourth-order valence-corrected chi connectivity index (χ4v) is 5.87. The van der Waals surface area contributed by atoms with Crippen molar-refractivity contribution >= 4 is 0 Å². The molecule has 5 N–H and O–H groups in total. The number of aryl methyl sites for hydroxylation is 2. The van der Waals surface area contributed by atoms with Crippen molar-refractivity contribution in [1.82, 2.24) is 5.32 Å². The van der Waals surface area contributed by atoms with E-state index in [1.54, 1.807) is 7.05 Å². The molecule has 4 rings (SSSR count). The Bertz CT molecular complexity index is 806. The molecular formula is C25H39NO7. The predicted molar refractivity (Wildman–Crippen MR) is 121 cm³/mol. The lowest BCUT2D eigenvalue weighted by Crippen LogP contribution is -2.78. The maximum Gasteiger partial charge on any atom is 0.248 e. The third kappa shape index (κ3) is 4.36. The molecule has 2 heterocycles. The lowest BCUT2D eigenvalue weighted by Gasteiger charge is -2.60. The SMILES string of the molecule is CC[C@@H]1[C@H](O)[C@H](NC)[C@H]2O[C@]3(O)[C@H](O[C@@H]2[C@H]1O)O[C@H](C)C[C@]3(O)CCCc1ccc(C)cc1. The van der Waals surface area contributed by atoms with Gasteiger partial charge in [-0.05, 0) is 52.1 Å². The molecule has 1 saturated carbocycles. The van der Waals surface area contributed by atoms with Gasteiger partial charge in [-0.15, -0.1) is 0 Å². The van der Waals surface area contributed by atoms with Crippen LogP contribution >= 0.6 is 0 Å². The number of aliphatic hydroxyl groups is 4. The van der Waals surface area contributed by atoms with Crippen molar-refractivity contribution in [1.29, 1.82) is 0 Å². The number of fused-ring (bicyclic) bond motifs is 2. The van der Waals surface area contributed by atoms with E-state index < -0.39 is 54.1 Å². The fourth-order valence-electron chi connectivity index (χ4n) is 5.87. The molecule has 3 aliphatic rings. The standard InChI is InChI=1S/C25H39NO7/c1-5-17-19(27)18(26-4)21-22(20(17)28)32-23-25(30,33-21)24(29,13-15(3)31-23)12-6-7-16-10-8-14(2)9-11-16/h8-11,15,17-23,26-30H,5-7,12-13H2,1-4H3/t15-,17-,18+,19+,20+,21-,22-,23+,24-,25-/m1/s1. The molecule has 3 fully saturated rings. The number of rotatable bonds is 6. The number of nitrogens with one attached hydrogen (secondary N) is 1. The van der Waals surface area contributed by atoms with Gasteiger partial charge in [0, 0.05) is 12.3 Å². The molecule has 0 bridgehead atoms. The van der Waals surface area contributed by atoms with E-state index in [0.717, 1.165) is 12.0 Å².